The first-order chi connectivity index (χ1) is 12.5. The van der Waals surface area contributed by atoms with Crippen molar-refractivity contribution in [2.45, 2.75) is 31.8 Å². The molecular weight excluding hydrogens is 344 g/mol. The van der Waals surface area contributed by atoms with Gasteiger partial charge in [0.15, 0.2) is 12.5 Å². The maximum atomic E-state index is 12.0. The molecule has 1 aromatic rings. The lowest BCUT2D eigenvalue weighted by atomic mass is 10.2. The summed E-state index contributed by atoms with van der Waals surface area (Å²) in [5, 5.41) is 11.4. The zero-order valence-electron chi connectivity index (χ0n) is 15.1. The van der Waals surface area contributed by atoms with Crippen LogP contribution in [-0.4, -0.2) is 72.4 Å². The number of aliphatic hydroxyl groups is 1. The number of anilines is 1. The summed E-state index contributed by atoms with van der Waals surface area (Å²) in [6.45, 7) is 1.15. The number of carbonyl (C=O) groups is 1. The summed E-state index contributed by atoms with van der Waals surface area (Å²) < 4.78 is 16.8. The van der Waals surface area contributed by atoms with E-state index < -0.39 is 24.3 Å². The molecule has 10 nitrogen and oxygen atoms in total. The van der Waals surface area contributed by atoms with Gasteiger partial charge in [-0.3, -0.25) is 9.88 Å². The molecule has 0 spiro atoms. The van der Waals surface area contributed by atoms with Crippen LogP contribution in [0.5, 0.6) is 0 Å². The van der Waals surface area contributed by atoms with Gasteiger partial charge in [-0.25, -0.2) is 9.59 Å². The van der Waals surface area contributed by atoms with Crippen LogP contribution in [0.2, 0.25) is 0 Å². The van der Waals surface area contributed by atoms with Gasteiger partial charge in [-0.2, -0.15) is 4.98 Å². The highest BCUT2D eigenvalue weighted by Gasteiger charge is 2.27. The maximum absolute atomic E-state index is 12.0. The molecule has 1 aromatic heterocycles. The highest BCUT2D eigenvalue weighted by Crippen LogP contribution is 2.19. The van der Waals surface area contributed by atoms with E-state index in [1.807, 2.05) is 14.1 Å². The van der Waals surface area contributed by atoms with E-state index in [9.17, 15) is 9.59 Å². The van der Waals surface area contributed by atoms with Gasteiger partial charge in [0.05, 0.1) is 19.8 Å². The van der Waals surface area contributed by atoms with E-state index in [-0.39, 0.29) is 19.0 Å². The molecule has 0 radical (unpaired) electrons. The summed E-state index contributed by atoms with van der Waals surface area (Å²) in [5.41, 5.74) is -0.598. The Hall–Kier alpha value is -2.01. The van der Waals surface area contributed by atoms with Crippen LogP contribution in [0.15, 0.2) is 17.1 Å². The fraction of sp³-hybridized carbons (Fsp3) is 0.688. The minimum Gasteiger partial charge on any atom is -0.449 e. The summed E-state index contributed by atoms with van der Waals surface area (Å²) >= 11 is 0. The molecule has 0 bridgehead atoms. The van der Waals surface area contributed by atoms with Crippen molar-refractivity contribution in [1.82, 2.24) is 14.5 Å². The third-order valence-electron chi connectivity index (χ3n) is 3.74. The normalized spacial score (nSPS) is 19.7. The van der Waals surface area contributed by atoms with E-state index in [4.69, 9.17) is 19.3 Å². The van der Waals surface area contributed by atoms with Crippen LogP contribution in [-0.2, 0) is 14.2 Å². The van der Waals surface area contributed by atoms with Gasteiger partial charge in [0.1, 0.15) is 5.82 Å². The van der Waals surface area contributed by atoms with E-state index in [1.165, 1.54) is 16.8 Å². The summed E-state index contributed by atoms with van der Waals surface area (Å²) in [4.78, 5) is 29.7. The zero-order valence-corrected chi connectivity index (χ0v) is 15.1. The molecule has 2 N–H and O–H groups in total. The van der Waals surface area contributed by atoms with Crippen LogP contribution in [0, 0.1) is 0 Å². The number of ether oxygens (including phenoxy) is 3. The molecule has 0 aromatic carbocycles. The molecule has 146 valence electrons. The third kappa shape index (κ3) is 6.37. The Morgan fingerprint density at radius 1 is 1.46 bits per heavy atom. The van der Waals surface area contributed by atoms with Crippen molar-refractivity contribution in [2.75, 3.05) is 45.8 Å². The third-order valence-corrected chi connectivity index (χ3v) is 3.74. The number of nitrogens with zero attached hydrogens (tertiary/aromatic N) is 3. The van der Waals surface area contributed by atoms with Crippen molar-refractivity contribution in [3.63, 3.8) is 0 Å². The first kappa shape index (κ1) is 20.3. The van der Waals surface area contributed by atoms with Crippen molar-refractivity contribution >= 4 is 11.9 Å². The number of aliphatic hydroxyl groups excluding tert-OH is 1. The Kier molecular flexibility index (Phi) is 7.98. The number of nitrogens with one attached hydrogen (secondary N) is 1. The molecule has 0 saturated carbocycles. The van der Waals surface area contributed by atoms with E-state index >= 15 is 0 Å². The largest absolute Gasteiger partial charge is 0.449 e. The standard InChI is InChI=1S/C16H26N4O6/c1-19(2)7-4-3-5-9-24-16(23)18-12-6-8-20(15(22)17-12)13-11-25-14(10-21)26-13/h6,8,13-14,21H,3-5,7,9-11H2,1-2H3,(H,17,18,22,23). The molecule has 2 unspecified atom stereocenters. The molecule has 1 saturated heterocycles. The smallest absolute Gasteiger partial charge is 0.412 e. The second-order valence-corrected chi connectivity index (χ2v) is 6.16. The SMILES string of the molecule is CN(C)CCCCCOC(=O)Nc1ccn(C2COC(CO)O2)c(=O)n1. The molecule has 2 atom stereocenters. The van der Waals surface area contributed by atoms with Crippen molar-refractivity contribution in [3.05, 3.63) is 22.7 Å². The van der Waals surface area contributed by atoms with Gasteiger partial charge in [-0.15, -0.1) is 0 Å². The molecule has 0 aliphatic carbocycles. The fourth-order valence-electron chi connectivity index (χ4n) is 2.40. The number of carbonyl (C=O) groups excluding carboxylic acids is 1. The van der Waals surface area contributed by atoms with Crippen molar-refractivity contribution in [2.24, 2.45) is 0 Å². The second kappa shape index (κ2) is 10.2. The lowest BCUT2D eigenvalue weighted by molar-refractivity contribution is -0.0992. The van der Waals surface area contributed by atoms with E-state index in [2.05, 4.69) is 15.2 Å². The number of amides is 1. The Balaban J connectivity index is 1.75. The number of hydrogen-bond acceptors (Lipinski definition) is 8. The van der Waals surface area contributed by atoms with Crippen LogP contribution < -0.4 is 11.0 Å². The Labute approximate surface area is 151 Å². The van der Waals surface area contributed by atoms with E-state index in [0.29, 0.717) is 6.61 Å². The lowest BCUT2D eigenvalue weighted by Crippen LogP contribution is -2.29. The second-order valence-electron chi connectivity index (χ2n) is 6.16. The summed E-state index contributed by atoms with van der Waals surface area (Å²) in [6, 6.07) is 1.47. The van der Waals surface area contributed by atoms with E-state index in [0.717, 1.165) is 25.8 Å². The molecular formula is C16H26N4O6. The Morgan fingerprint density at radius 2 is 2.27 bits per heavy atom. The van der Waals surface area contributed by atoms with Crippen LogP contribution in [0.3, 0.4) is 0 Å². The summed E-state index contributed by atoms with van der Waals surface area (Å²) in [5.74, 6) is 0.0986. The van der Waals surface area contributed by atoms with Crippen LogP contribution in [0.1, 0.15) is 25.5 Å². The lowest BCUT2D eigenvalue weighted by Gasteiger charge is -2.13. The molecule has 1 fully saturated rings. The van der Waals surface area contributed by atoms with Gasteiger partial charge in [0.2, 0.25) is 0 Å². The molecule has 1 aliphatic heterocycles. The van der Waals surface area contributed by atoms with Gasteiger partial charge in [-0.05, 0) is 46.0 Å². The monoisotopic (exact) mass is 370 g/mol. The van der Waals surface area contributed by atoms with Crippen molar-refractivity contribution < 1.29 is 24.1 Å². The van der Waals surface area contributed by atoms with Gasteiger partial charge >= 0.3 is 11.8 Å². The molecule has 10 heteroatoms. The molecule has 1 aliphatic rings. The average molecular weight is 370 g/mol. The van der Waals surface area contributed by atoms with Gasteiger partial charge < -0.3 is 24.2 Å². The first-order valence-electron chi connectivity index (χ1n) is 8.55. The minimum atomic E-state index is -0.752. The summed E-state index contributed by atoms with van der Waals surface area (Å²) in [6.07, 6.45) is 2.18. The quantitative estimate of drug-likeness (QED) is 0.600. The number of aromatic nitrogens is 2. The van der Waals surface area contributed by atoms with Gasteiger partial charge in [0.25, 0.3) is 0 Å². The average Bonchev–Trinajstić information content (AvgIpc) is 3.06. The molecule has 2 rings (SSSR count). The highest BCUT2D eigenvalue weighted by atomic mass is 16.7. The molecule has 26 heavy (non-hydrogen) atoms. The summed E-state index contributed by atoms with van der Waals surface area (Å²) in [7, 11) is 4.03. The van der Waals surface area contributed by atoms with E-state index in [1.54, 1.807) is 0 Å². The van der Waals surface area contributed by atoms with Crippen LogP contribution in [0.25, 0.3) is 0 Å². The number of unbranched alkanes of at least 4 members (excludes halogenated alkanes) is 2. The van der Waals surface area contributed by atoms with Gasteiger partial charge in [0, 0.05) is 6.20 Å². The first-order valence-corrected chi connectivity index (χ1v) is 8.55. The highest BCUT2D eigenvalue weighted by molar-refractivity contribution is 5.83. The van der Waals surface area contributed by atoms with Crippen molar-refractivity contribution in [3.8, 4) is 0 Å². The Morgan fingerprint density at radius 3 is 2.92 bits per heavy atom. The topological polar surface area (TPSA) is 115 Å². The predicted octanol–water partition coefficient (Wildman–Crippen LogP) is 0.388. The van der Waals surface area contributed by atoms with Crippen LogP contribution in [0.4, 0.5) is 10.6 Å². The van der Waals surface area contributed by atoms with Crippen LogP contribution >= 0.6 is 0 Å². The number of hydrogen-bond donors (Lipinski definition) is 2. The Bertz CT molecular complexity index is 635. The van der Waals surface area contributed by atoms with Gasteiger partial charge in [-0.1, -0.05) is 0 Å². The van der Waals surface area contributed by atoms with Crippen molar-refractivity contribution in [1.29, 1.82) is 0 Å². The fourth-order valence-corrected chi connectivity index (χ4v) is 2.40. The number of rotatable bonds is 9. The maximum Gasteiger partial charge on any atom is 0.412 e. The minimum absolute atomic E-state index is 0.0986. The molecule has 1 amide bonds. The molecule has 2 heterocycles. The predicted molar refractivity (Wildman–Crippen MR) is 92.8 cm³/mol. The zero-order chi connectivity index (χ0) is 18.9.